The van der Waals surface area contributed by atoms with Crippen LogP contribution in [-0.4, -0.2) is 29.9 Å². The quantitative estimate of drug-likeness (QED) is 0.838. The number of nitrogens with one attached hydrogen (secondary N) is 1. The average Bonchev–Trinajstić information content (AvgIpc) is 2.68. The van der Waals surface area contributed by atoms with Crippen LogP contribution in [-0.2, 0) is 11.4 Å². The van der Waals surface area contributed by atoms with Crippen LogP contribution in [0.1, 0.15) is 37.3 Å². The van der Waals surface area contributed by atoms with Crippen LogP contribution in [0.15, 0.2) is 48.5 Å². The molecule has 0 saturated carbocycles. The van der Waals surface area contributed by atoms with Crippen LogP contribution >= 0.6 is 0 Å². The Morgan fingerprint density at radius 2 is 1.69 bits per heavy atom. The second-order valence-electron chi connectivity index (χ2n) is 7.06. The van der Waals surface area contributed by atoms with Crippen LogP contribution < -0.4 is 10.1 Å². The first-order valence-corrected chi connectivity index (χ1v) is 9.45. The first-order valence-electron chi connectivity index (χ1n) is 9.45. The Kier molecular flexibility index (Phi) is 6.29. The van der Waals surface area contributed by atoms with Crippen LogP contribution in [0.2, 0.25) is 0 Å². The van der Waals surface area contributed by atoms with Crippen molar-refractivity contribution in [1.82, 2.24) is 4.90 Å². The zero-order valence-corrected chi connectivity index (χ0v) is 15.7. The summed E-state index contributed by atoms with van der Waals surface area (Å²) in [6, 6.07) is 15.8. The first-order chi connectivity index (χ1) is 12.6. The highest BCUT2D eigenvalue weighted by molar-refractivity contribution is 5.94. The van der Waals surface area contributed by atoms with Gasteiger partial charge in [-0.3, -0.25) is 9.69 Å². The molecule has 26 heavy (non-hydrogen) atoms. The topological polar surface area (TPSA) is 41.6 Å². The van der Waals surface area contributed by atoms with Crippen LogP contribution in [0.4, 0.5) is 5.69 Å². The van der Waals surface area contributed by atoms with Gasteiger partial charge in [-0.1, -0.05) is 36.2 Å². The maximum Gasteiger partial charge on any atom is 0.241 e. The maximum absolute atomic E-state index is 12.5. The molecule has 1 amide bonds. The SMILES string of the molecule is Cc1ccc(COc2ccc(NC(=O)C(C)N3CCCCC3)cc2)cc1. The zero-order valence-electron chi connectivity index (χ0n) is 15.7. The number of anilines is 1. The third kappa shape index (κ3) is 5.09. The van der Waals surface area contributed by atoms with Crippen LogP contribution in [0.25, 0.3) is 0 Å². The van der Waals surface area contributed by atoms with Gasteiger partial charge >= 0.3 is 0 Å². The highest BCUT2D eigenvalue weighted by Crippen LogP contribution is 2.19. The van der Waals surface area contributed by atoms with E-state index < -0.39 is 0 Å². The third-order valence-corrected chi connectivity index (χ3v) is 4.97. The molecule has 0 aromatic heterocycles. The molecule has 1 atom stereocenters. The van der Waals surface area contributed by atoms with Gasteiger partial charge in [0.2, 0.25) is 5.91 Å². The molecule has 4 nitrogen and oxygen atoms in total. The van der Waals surface area contributed by atoms with Gasteiger partial charge in [0.25, 0.3) is 0 Å². The molecule has 1 saturated heterocycles. The highest BCUT2D eigenvalue weighted by atomic mass is 16.5. The van der Waals surface area contributed by atoms with Crippen molar-refractivity contribution in [1.29, 1.82) is 0 Å². The fourth-order valence-electron chi connectivity index (χ4n) is 3.20. The molecule has 0 radical (unpaired) electrons. The van der Waals surface area contributed by atoms with Gasteiger partial charge in [0.15, 0.2) is 0 Å². The predicted molar refractivity (Wildman–Crippen MR) is 105 cm³/mol. The van der Waals surface area contributed by atoms with E-state index in [1.54, 1.807) is 0 Å². The van der Waals surface area contributed by atoms with E-state index in [2.05, 4.69) is 41.4 Å². The summed E-state index contributed by atoms with van der Waals surface area (Å²) in [5.74, 6) is 0.855. The lowest BCUT2D eigenvalue weighted by Crippen LogP contribution is -2.44. The predicted octanol–water partition coefficient (Wildman–Crippen LogP) is 4.39. The van der Waals surface area contributed by atoms with Gasteiger partial charge < -0.3 is 10.1 Å². The number of benzene rings is 2. The molecular formula is C22H28N2O2. The Labute approximate surface area is 156 Å². The summed E-state index contributed by atoms with van der Waals surface area (Å²) >= 11 is 0. The van der Waals surface area contributed by atoms with Crippen molar-refractivity contribution in [2.24, 2.45) is 0 Å². The Hall–Kier alpha value is -2.33. The number of ether oxygens (including phenoxy) is 1. The molecule has 4 heteroatoms. The summed E-state index contributed by atoms with van der Waals surface area (Å²) in [6.45, 7) is 6.63. The number of carbonyl (C=O) groups is 1. The lowest BCUT2D eigenvalue weighted by atomic mass is 10.1. The van der Waals surface area contributed by atoms with E-state index in [1.165, 1.54) is 24.8 Å². The van der Waals surface area contributed by atoms with Crippen molar-refractivity contribution in [3.63, 3.8) is 0 Å². The lowest BCUT2D eigenvalue weighted by Gasteiger charge is -2.31. The Balaban J connectivity index is 1.50. The van der Waals surface area contributed by atoms with E-state index in [-0.39, 0.29) is 11.9 Å². The maximum atomic E-state index is 12.5. The molecule has 1 heterocycles. The van der Waals surface area contributed by atoms with E-state index in [4.69, 9.17) is 4.74 Å². The monoisotopic (exact) mass is 352 g/mol. The highest BCUT2D eigenvalue weighted by Gasteiger charge is 2.22. The van der Waals surface area contributed by atoms with Gasteiger partial charge in [-0.05, 0) is 69.6 Å². The van der Waals surface area contributed by atoms with Crippen molar-refractivity contribution in [3.8, 4) is 5.75 Å². The number of likely N-dealkylation sites (tertiary alicyclic amines) is 1. The number of rotatable bonds is 6. The molecule has 1 aliphatic rings. The molecule has 0 aliphatic carbocycles. The van der Waals surface area contributed by atoms with Gasteiger partial charge in [0, 0.05) is 5.69 Å². The van der Waals surface area contributed by atoms with Gasteiger partial charge in [-0.2, -0.15) is 0 Å². The molecule has 2 aromatic carbocycles. The number of hydrogen-bond acceptors (Lipinski definition) is 3. The largest absolute Gasteiger partial charge is 0.489 e. The number of amides is 1. The third-order valence-electron chi connectivity index (χ3n) is 4.97. The number of nitrogens with zero attached hydrogens (tertiary/aromatic N) is 1. The normalized spacial score (nSPS) is 16.1. The summed E-state index contributed by atoms with van der Waals surface area (Å²) in [6.07, 6.45) is 3.64. The molecule has 1 unspecified atom stereocenters. The van der Waals surface area contributed by atoms with Crippen molar-refractivity contribution < 1.29 is 9.53 Å². The van der Waals surface area contributed by atoms with E-state index in [1.807, 2.05) is 31.2 Å². The molecule has 1 fully saturated rings. The molecule has 1 N–H and O–H groups in total. The average molecular weight is 352 g/mol. The smallest absolute Gasteiger partial charge is 0.241 e. The van der Waals surface area contributed by atoms with Gasteiger partial charge in [-0.25, -0.2) is 0 Å². The van der Waals surface area contributed by atoms with Crippen molar-refractivity contribution in [2.45, 2.75) is 45.8 Å². The Morgan fingerprint density at radius 3 is 2.35 bits per heavy atom. The molecule has 3 rings (SSSR count). The van der Waals surface area contributed by atoms with E-state index >= 15 is 0 Å². The number of hydrogen-bond donors (Lipinski definition) is 1. The fraction of sp³-hybridized carbons (Fsp3) is 0.409. The van der Waals surface area contributed by atoms with Gasteiger partial charge in [0.05, 0.1) is 6.04 Å². The summed E-state index contributed by atoms with van der Waals surface area (Å²) in [5.41, 5.74) is 3.19. The minimum absolute atomic E-state index is 0.0558. The standard InChI is InChI=1S/C22H28N2O2/c1-17-6-8-19(9-7-17)16-26-21-12-10-20(11-13-21)23-22(25)18(2)24-14-4-3-5-15-24/h6-13,18H,3-5,14-16H2,1-2H3,(H,23,25). The number of piperidine rings is 1. The lowest BCUT2D eigenvalue weighted by molar-refractivity contribution is -0.121. The van der Waals surface area contributed by atoms with Gasteiger partial charge in [0.1, 0.15) is 12.4 Å². The molecule has 2 aromatic rings. The Bertz CT molecular complexity index is 704. The van der Waals surface area contributed by atoms with Gasteiger partial charge in [-0.15, -0.1) is 0 Å². The van der Waals surface area contributed by atoms with Crippen molar-refractivity contribution in [2.75, 3.05) is 18.4 Å². The van der Waals surface area contributed by atoms with Crippen LogP contribution in [0, 0.1) is 6.92 Å². The van der Waals surface area contributed by atoms with Crippen molar-refractivity contribution >= 4 is 11.6 Å². The van der Waals surface area contributed by atoms with E-state index in [9.17, 15) is 4.79 Å². The summed E-state index contributed by atoms with van der Waals surface area (Å²) in [5, 5.41) is 3.01. The van der Waals surface area contributed by atoms with E-state index in [0.29, 0.717) is 6.61 Å². The van der Waals surface area contributed by atoms with Crippen LogP contribution in [0.3, 0.4) is 0 Å². The number of carbonyl (C=O) groups excluding carboxylic acids is 1. The molecule has 1 aliphatic heterocycles. The summed E-state index contributed by atoms with van der Waals surface area (Å²) < 4.78 is 5.81. The Morgan fingerprint density at radius 1 is 1.04 bits per heavy atom. The summed E-state index contributed by atoms with van der Waals surface area (Å²) in [4.78, 5) is 14.7. The minimum Gasteiger partial charge on any atom is -0.489 e. The molecule has 138 valence electrons. The number of aryl methyl sites for hydroxylation is 1. The molecular weight excluding hydrogens is 324 g/mol. The minimum atomic E-state index is -0.0900. The van der Waals surface area contributed by atoms with E-state index in [0.717, 1.165) is 30.1 Å². The van der Waals surface area contributed by atoms with Crippen LogP contribution in [0.5, 0.6) is 5.75 Å². The fourth-order valence-corrected chi connectivity index (χ4v) is 3.20. The van der Waals surface area contributed by atoms with Crippen molar-refractivity contribution in [3.05, 3.63) is 59.7 Å². The molecule has 0 bridgehead atoms. The zero-order chi connectivity index (χ0) is 18.4. The molecule has 0 spiro atoms. The first kappa shape index (κ1) is 18.5. The second kappa shape index (κ2) is 8.86. The summed E-state index contributed by atoms with van der Waals surface area (Å²) in [7, 11) is 0. The second-order valence-corrected chi connectivity index (χ2v) is 7.06.